The van der Waals surface area contributed by atoms with Gasteiger partial charge in [0.2, 0.25) is 0 Å². The molecule has 0 N–H and O–H groups in total. The molecule has 0 unspecified atom stereocenters. The van der Waals surface area contributed by atoms with Crippen LogP contribution in [0, 0.1) is 0 Å². The van der Waals surface area contributed by atoms with E-state index < -0.39 is 17.0 Å². The van der Waals surface area contributed by atoms with E-state index in [0.29, 0.717) is 0 Å². The summed E-state index contributed by atoms with van der Waals surface area (Å²) < 4.78 is 0. The maximum absolute atomic E-state index is 4.89. The van der Waals surface area contributed by atoms with Gasteiger partial charge in [-0.1, -0.05) is 47.0 Å². The molecule has 154 valence electrons. The average molecular weight is 513 g/mol. The van der Waals surface area contributed by atoms with Crippen molar-refractivity contribution in [2.24, 2.45) is 0 Å². The zero-order valence-electron chi connectivity index (χ0n) is 16.7. The van der Waals surface area contributed by atoms with Crippen molar-refractivity contribution in [1.29, 1.82) is 0 Å². The molecule has 0 radical (unpaired) electrons. The molecule has 0 aliphatic heterocycles. The van der Waals surface area contributed by atoms with E-state index in [1.54, 1.807) is 0 Å². The van der Waals surface area contributed by atoms with Gasteiger partial charge in [-0.2, -0.15) is 12.1 Å². The molecule has 0 atom stereocenters. The van der Waals surface area contributed by atoms with E-state index in [1.807, 2.05) is 0 Å². The average Bonchev–Trinajstić information content (AvgIpc) is 3.60. The van der Waals surface area contributed by atoms with Crippen LogP contribution in [-0.4, -0.2) is 0 Å². The Morgan fingerprint density at radius 2 is 0.903 bits per heavy atom. The summed E-state index contributed by atoms with van der Waals surface area (Å²) in [4.78, 5) is 0. The molecular formula is C26H20Cl2P2Ti-2. The fraction of sp³-hybridized carbons (Fsp3) is 0. The second-order valence-electron chi connectivity index (χ2n) is 6.94. The first-order valence-electron chi connectivity index (χ1n) is 9.82. The van der Waals surface area contributed by atoms with Crippen LogP contribution in [0.3, 0.4) is 0 Å². The van der Waals surface area contributed by atoms with E-state index in [2.05, 4.69) is 120 Å². The first kappa shape index (κ1) is 22.7. The van der Waals surface area contributed by atoms with Crippen LogP contribution in [0.25, 0.3) is 32.2 Å². The number of hydrogen-bond acceptors (Lipinski definition) is 0. The first-order chi connectivity index (χ1) is 15.3. The molecule has 0 amide bonds. The Kier molecular flexibility index (Phi) is 8.35. The summed E-state index contributed by atoms with van der Waals surface area (Å²) in [5.74, 6) is 9.18. The van der Waals surface area contributed by atoms with Crippen molar-refractivity contribution >= 4 is 55.2 Å². The van der Waals surface area contributed by atoms with Gasteiger partial charge in [0.15, 0.2) is 0 Å². The molecule has 4 aromatic carbocycles. The number of hydrogen-bond donors (Lipinski definition) is 0. The van der Waals surface area contributed by atoms with Crippen molar-refractivity contribution in [2.75, 3.05) is 0 Å². The summed E-state index contributed by atoms with van der Waals surface area (Å²) in [6, 6.07) is 34.9. The summed E-state index contributed by atoms with van der Waals surface area (Å²) >= 11 is -0.556. The standard InChI is InChI=1S/2C13H10P.2ClH.Ti/c2*1-2-6-12-10-13(9-11(12)5-1)14-7-3-4-8-14;;;/h2*1-10H;2*1H;/q2*-1;;;+2/p-2. The molecule has 0 aliphatic carbocycles. The van der Waals surface area contributed by atoms with Gasteiger partial charge in [-0.15, -0.1) is 85.1 Å². The van der Waals surface area contributed by atoms with Crippen molar-refractivity contribution in [3.8, 4) is 10.6 Å². The second kappa shape index (κ2) is 11.4. The fourth-order valence-electron chi connectivity index (χ4n) is 3.58. The largest absolute Gasteiger partial charge is 0.157 e. The molecule has 0 spiro atoms. The zero-order valence-corrected chi connectivity index (χ0v) is 21.6. The van der Waals surface area contributed by atoms with Gasteiger partial charge in [0, 0.05) is 0 Å². The van der Waals surface area contributed by atoms with Crippen molar-refractivity contribution in [3.63, 3.8) is 0 Å². The van der Waals surface area contributed by atoms with Gasteiger partial charge in [-0.25, -0.2) is 0 Å². The van der Waals surface area contributed by atoms with Gasteiger partial charge < -0.3 is 0 Å². The molecule has 2 aromatic heterocycles. The summed E-state index contributed by atoms with van der Waals surface area (Å²) in [6.45, 7) is 0. The van der Waals surface area contributed by atoms with E-state index in [1.165, 1.54) is 32.2 Å². The van der Waals surface area contributed by atoms with Gasteiger partial charge in [-0.3, -0.25) is 0 Å². The maximum Gasteiger partial charge on any atom is -0.0395 e. The molecule has 0 bridgehead atoms. The van der Waals surface area contributed by atoms with E-state index in [9.17, 15) is 0 Å². The Hall–Kier alpha value is -1.49. The Morgan fingerprint density at radius 3 is 1.26 bits per heavy atom. The number of fused-ring (bicyclic) bond motifs is 2. The van der Waals surface area contributed by atoms with Crippen LogP contribution in [0.4, 0.5) is 0 Å². The maximum atomic E-state index is 4.89. The van der Waals surface area contributed by atoms with Crippen LogP contribution < -0.4 is 0 Å². The summed E-state index contributed by atoms with van der Waals surface area (Å²) in [5.41, 5.74) is 0. The van der Waals surface area contributed by atoms with Crippen LogP contribution in [0.2, 0.25) is 0 Å². The molecule has 0 fully saturated rings. The Balaban J connectivity index is 0.000000133. The van der Waals surface area contributed by atoms with Gasteiger partial charge in [-0.05, 0) is 23.2 Å². The minimum atomic E-state index is -0.556. The third-order valence-electron chi connectivity index (χ3n) is 5.01. The molecule has 6 aromatic rings. The SMILES string of the molecule is [Cl][Ti][Cl].c1ccc2[cH-]c(-p3cccc3)cc2c1.c1ccc2[cH-]c(-p3cccc3)cc2c1. The zero-order chi connectivity index (χ0) is 21.5. The quantitative estimate of drug-likeness (QED) is 0.160. The van der Waals surface area contributed by atoms with E-state index in [-0.39, 0.29) is 15.1 Å². The van der Waals surface area contributed by atoms with E-state index in [4.69, 9.17) is 18.6 Å². The Morgan fingerprint density at radius 1 is 0.548 bits per heavy atom. The number of halogens is 2. The number of benzene rings is 2. The van der Waals surface area contributed by atoms with Gasteiger partial charge in [0.1, 0.15) is 0 Å². The number of rotatable bonds is 2. The molecule has 0 nitrogen and oxygen atoms in total. The first-order valence-corrected chi connectivity index (χ1v) is 17.1. The minimum Gasteiger partial charge on any atom is -0.157 e. The normalized spacial score (nSPS) is 10.3. The topological polar surface area (TPSA) is 0 Å². The molecule has 0 saturated heterocycles. The van der Waals surface area contributed by atoms with Crippen LogP contribution in [0.1, 0.15) is 0 Å². The monoisotopic (exact) mass is 512 g/mol. The molecule has 6 rings (SSSR count). The van der Waals surface area contributed by atoms with E-state index >= 15 is 0 Å². The Labute approximate surface area is 202 Å². The van der Waals surface area contributed by atoms with Crippen molar-refractivity contribution in [2.45, 2.75) is 0 Å². The van der Waals surface area contributed by atoms with Crippen molar-refractivity contribution < 1.29 is 17.0 Å². The minimum absolute atomic E-state index is 0.148. The van der Waals surface area contributed by atoms with Gasteiger partial charge in [0.25, 0.3) is 0 Å². The van der Waals surface area contributed by atoms with Crippen molar-refractivity contribution in [3.05, 3.63) is 120 Å². The van der Waals surface area contributed by atoms with Gasteiger partial charge >= 0.3 is 35.6 Å². The Bertz CT molecular complexity index is 1160. The van der Waals surface area contributed by atoms with Crippen LogP contribution >= 0.6 is 33.7 Å². The third kappa shape index (κ3) is 5.85. The molecule has 2 heterocycles. The summed E-state index contributed by atoms with van der Waals surface area (Å²) in [6.07, 6.45) is 0. The summed E-state index contributed by atoms with van der Waals surface area (Å²) in [7, 11) is 9.48. The van der Waals surface area contributed by atoms with Crippen LogP contribution in [0.5, 0.6) is 0 Å². The summed E-state index contributed by atoms with van der Waals surface area (Å²) in [5, 5.41) is 8.37. The predicted molar refractivity (Wildman–Crippen MR) is 139 cm³/mol. The molecular weight excluding hydrogens is 493 g/mol. The molecule has 0 saturated carbocycles. The second-order valence-corrected chi connectivity index (χ2v) is 13.4. The molecule has 5 heteroatoms. The smallest absolute Gasteiger partial charge is 0.0395 e. The van der Waals surface area contributed by atoms with Crippen LogP contribution in [0.15, 0.2) is 120 Å². The van der Waals surface area contributed by atoms with Crippen LogP contribution in [-0.2, 0) is 17.0 Å². The van der Waals surface area contributed by atoms with E-state index in [0.717, 1.165) is 0 Å². The predicted octanol–water partition coefficient (Wildman–Crippen LogP) is 10.4. The molecule has 0 aliphatic rings. The van der Waals surface area contributed by atoms with Crippen molar-refractivity contribution in [1.82, 2.24) is 0 Å². The molecule has 31 heavy (non-hydrogen) atoms. The fourth-order valence-corrected chi connectivity index (χ4v) is 6.76. The third-order valence-corrected chi connectivity index (χ3v) is 8.69. The van der Waals surface area contributed by atoms with Gasteiger partial charge in [0.05, 0.1) is 0 Å².